The standard InChI is InChI=1S/C43H44N2/c1-29-8-17-38(18-9-29)44(39-19-10-30(2)11-20-39)42-24-15-36(26-34(42)6)37-16-25-43(35(7)27-37)45(40-21-12-31(3)13-22-40)41-23-14-32(4)33(5)28-41/h8-28,32-33H,1-7H3. The van der Waals surface area contributed by atoms with Gasteiger partial charge in [0.15, 0.2) is 0 Å². The summed E-state index contributed by atoms with van der Waals surface area (Å²) in [5, 5.41) is 0. The van der Waals surface area contributed by atoms with E-state index in [1.807, 2.05) is 0 Å². The number of rotatable bonds is 7. The summed E-state index contributed by atoms with van der Waals surface area (Å²) in [6.07, 6.45) is 7.04. The number of hydrogen-bond acceptors (Lipinski definition) is 2. The van der Waals surface area contributed by atoms with E-state index in [1.54, 1.807) is 0 Å². The van der Waals surface area contributed by atoms with Gasteiger partial charge in [0, 0.05) is 34.1 Å². The Hall–Kier alpha value is -4.82. The van der Waals surface area contributed by atoms with Crippen molar-refractivity contribution in [2.45, 2.75) is 48.5 Å². The Morgan fingerprint density at radius 2 is 0.844 bits per heavy atom. The van der Waals surface area contributed by atoms with Crippen LogP contribution in [0.3, 0.4) is 0 Å². The SMILES string of the molecule is Cc1ccc(N(C2=CC(C)C(C)C=C2)c2ccc(-c3ccc(N(c4ccc(C)cc4)c4ccc(C)cc4)c(C)c3)cc2C)cc1. The predicted octanol–water partition coefficient (Wildman–Crippen LogP) is 12.2. The Kier molecular flexibility index (Phi) is 8.50. The first-order valence-corrected chi connectivity index (χ1v) is 16.1. The first kappa shape index (κ1) is 30.2. The predicted molar refractivity (Wildman–Crippen MR) is 194 cm³/mol. The third-order valence-electron chi connectivity index (χ3n) is 9.18. The lowest BCUT2D eigenvalue weighted by atomic mass is 9.90. The Labute approximate surface area is 270 Å². The third-order valence-corrected chi connectivity index (χ3v) is 9.18. The fourth-order valence-electron chi connectivity index (χ4n) is 6.16. The number of benzene rings is 5. The highest BCUT2D eigenvalue weighted by molar-refractivity contribution is 5.82. The highest BCUT2D eigenvalue weighted by atomic mass is 15.2. The van der Waals surface area contributed by atoms with Gasteiger partial charge in [0.25, 0.3) is 0 Å². The van der Waals surface area contributed by atoms with Crippen molar-refractivity contribution in [3.63, 3.8) is 0 Å². The Morgan fingerprint density at radius 3 is 1.24 bits per heavy atom. The average molecular weight is 589 g/mol. The van der Waals surface area contributed by atoms with Gasteiger partial charge in [0.1, 0.15) is 0 Å². The van der Waals surface area contributed by atoms with Crippen molar-refractivity contribution in [3.05, 3.63) is 161 Å². The molecule has 0 bridgehead atoms. The van der Waals surface area contributed by atoms with E-state index in [9.17, 15) is 0 Å². The van der Waals surface area contributed by atoms with Crippen LogP contribution in [-0.2, 0) is 0 Å². The maximum atomic E-state index is 2.41. The minimum Gasteiger partial charge on any atom is -0.311 e. The fraction of sp³-hybridized carbons (Fsp3) is 0.209. The van der Waals surface area contributed by atoms with Crippen molar-refractivity contribution in [1.29, 1.82) is 0 Å². The minimum atomic E-state index is 0.485. The molecule has 1 aliphatic rings. The molecule has 0 fully saturated rings. The molecule has 0 radical (unpaired) electrons. The molecule has 2 atom stereocenters. The van der Waals surface area contributed by atoms with E-state index in [1.165, 1.54) is 61.7 Å². The molecule has 5 aromatic carbocycles. The van der Waals surface area contributed by atoms with Gasteiger partial charge >= 0.3 is 0 Å². The summed E-state index contributed by atoms with van der Waals surface area (Å²) in [7, 11) is 0. The van der Waals surface area contributed by atoms with Crippen molar-refractivity contribution in [2.75, 3.05) is 9.80 Å². The van der Waals surface area contributed by atoms with Crippen LogP contribution in [0, 0.1) is 46.5 Å². The first-order valence-electron chi connectivity index (χ1n) is 16.1. The molecule has 0 amide bonds. The van der Waals surface area contributed by atoms with Gasteiger partial charge in [-0.15, -0.1) is 0 Å². The molecule has 2 unspecified atom stereocenters. The lowest BCUT2D eigenvalue weighted by Gasteiger charge is -2.31. The molecule has 0 N–H and O–H groups in total. The molecule has 2 heteroatoms. The van der Waals surface area contributed by atoms with Crippen LogP contribution in [0.5, 0.6) is 0 Å². The molecule has 5 aromatic rings. The van der Waals surface area contributed by atoms with Crippen LogP contribution < -0.4 is 9.80 Å². The molecule has 2 nitrogen and oxygen atoms in total. The van der Waals surface area contributed by atoms with Crippen LogP contribution in [0.1, 0.15) is 41.7 Å². The highest BCUT2D eigenvalue weighted by Crippen LogP contribution is 2.40. The summed E-state index contributed by atoms with van der Waals surface area (Å²) in [5.41, 5.74) is 15.8. The van der Waals surface area contributed by atoms with Gasteiger partial charge in [-0.3, -0.25) is 0 Å². The van der Waals surface area contributed by atoms with E-state index in [0.717, 1.165) is 11.4 Å². The number of allylic oxidation sites excluding steroid dienone is 3. The van der Waals surface area contributed by atoms with E-state index < -0.39 is 0 Å². The van der Waals surface area contributed by atoms with E-state index in [2.05, 4.69) is 186 Å². The monoisotopic (exact) mass is 588 g/mol. The number of hydrogen-bond donors (Lipinski definition) is 0. The second-order valence-corrected chi connectivity index (χ2v) is 12.8. The van der Waals surface area contributed by atoms with Gasteiger partial charge < -0.3 is 9.80 Å². The molecule has 0 aliphatic heterocycles. The van der Waals surface area contributed by atoms with Crippen LogP contribution in [-0.4, -0.2) is 0 Å². The van der Waals surface area contributed by atoms with Crippen LogP contribution >= 0.6 is 0 Å². The van der Waals surface area contributed by atoms with Gasteiger partial charge in [-0.05, 0) is 135 Å². The smallest absolute Gasteiger partial charge is 0.0491 e. The fourth-order valence-corrected chi connectivity index (χ4v) is 6.16. The Bertz CT molecular complexity index is 1810. The zero-order valence-electron chi connectivity index (χ0n) is 27.7. The van der Waals surface area contributed by atoms with Crippen molar-refractivity contribution in [2.24, 2.45) is 11.8 Å². The van der Waals surface area contributed by atoms with Gasteiger partial charge in [0.2, 0.25) is 0 Å². The molecular formula is C43H44N2. The van der Waals surface area contributed by atoms with Crippen molar-refractivity contribution in [3.8, 4) is 11.1 Å². The van der Waals surface area contributed by atoms with Crippen LogP contribution in [0.15, 0.2) is 133 Å². The number of nitrogens with zero attached hydrogens (tertiary/aromatic N) is 2. The summed E-state index contributed by atoms with van der Waals surface area (Å²) in [6, 6.07) is 40.2. The van der Waals surface area contributed by atoms with E-state index in [-0.39, 0.29) is 0 Å². The van der Waals surface area contributed by atoms with Crippen molar-refractivity contribution >= 4 is 28.4 Å². The minimum absolute atomic E-state index is 0.485. The number of anilines is 5. The van der Waals surface area contributed by atoms with Gasteiger partial charge in [0.05, 0.1) is 0 Å². The molecule has 226 valence electrons. The second kappa shape index (κ2) is 12.7. The maximum Gasteiger partial charge on any atom is 0.0491 e. The van der Waals surface area contributed by atoms with Crippen LogP contribution in [0.4, 0.5) is 28.4 Å². The molecular weight excluding hydrogens is 544 g/mol. The summed E-state index contributed by atoms with van der Waals surface area (Å²) in [4.78, 5) is 4.77. The molecule has 0 saturated heterocycles. The van der Waals surface area contributed by atoms with Crippen molar-refractivity contribution < 1.29 is 0 Å². The van der Waals surface area contributed by atoms with Crippen LogP contribution in [0.25, 0.3) is 11.1 Å². The average Bonchev–Trinajstić information content (AvgIpc) is 3.03. The molecule has 0 heterocycles. The number of aryl methyl sites for hydroxylation is 5. The molecule has 0 spiro atoms. The normalized spacial score (nSPS) is 15.9. The van der Waals surface area contributed by atoms with Crippen LogP contribution in [0.2, 0.25) is 0 Å². The molecule has 1 aliphatic carbocycles. The van der Waals surface area contributed by atoms with E-state index >= 15 is 0 Å². The zero-order chi connectivity index (χ0) is 31.7. The van der Waals surface area contributed by atoms with Gasteiger partial charge in [-0.25, -0.2) is 0 Å². The van der Waals surface area contributed by atoms with E-state index in [0.29, 0.717) is 11.8 Å². The summed E-state index contributed by atoms with van der Waals surface area (Å²) < 4.78 is 0. The van der Waals surface area contributed by atoms with Gasteiger partial charge in [-0.1, -0.05) is 91.2 Å². The summed E-state index contributed by atoms with van der Waals surface area (Å²) >= 11 is 0. The largest absolute Gasteiger partial charge is 0.311 e. The summed E-state index contributed by atoms with van der Waals surface area (Å²) in [6.45, 7) is 15.5. The Balaban J connectivity index is 1.37. The summed E-state index contributed by atoms with van der Waals surface area (Å²) in [5.74, 6) is 1.02. The third kappa shape index (κ3) is 6.37. The first-order chi connectivity index (χ1) is 21.7. The highest BCUT2D eigenvalue weighted by Gasteiger charge is 2.21. The molecule has 0 saturated carbocycles. The zero-order valence-corrected chi connectivity index (χ0v) is 27.7. The maximum absolute atomic E-state index is 2.41. The molecule has 45 heavy (non-hydrogen) atoms. The van der Waals surface area contributed by atoms with Gasteiger partial charge in [-0.2, -0.15) is 0 Å². The lowest BCUT2D eigenvalue weighted by Crippen LogP contribution is -2.20. The topological polar surface area (TPSA) is 6.48 Å². The Morgan fingerprint density at radius 1 is 0.444 bits per heavy atom. The lowest BCUT2D eigenvalue weighted by molar-refractivity contribution is 0.547. The van der Waals surface area contributed by atoms with E-state index in [4.69, 9.17) is 0 Å². The molecule has 0 aromatic heterocycles. The molecule has 6 rings (SSSR count). The quantitative estimate of drug-likeness (QED) is 0.187. The van der Waals surface area contributed by atoms with Crippen molar-refractivity contribution in [1.82, 2.24) is 0 Å². The second-order valence-electron chi connectivity index (χ2n) is 12.8.